The van der Waals surface area contributed by atoms with Gasteiger partial charge in [-0.1, -0.05) is 6.07 Å². The van der Waals surface area contributed by atoms with Crippen LogP contribution in [0.3, 0.4) is 0 Å². The molecule has 0 amide bonds. The highest BCUT2D eigenvalue weighted by atomic mass is 19.1. The molecule has 1 saturated heterocycles. The van der Waals surface area contributed by atoms with Crippen molar-refractivity contribution in [1.29, 1.82) is 0 Å². The zero-order valence-electron chi connectivity index (χ0n) is 15.1. The average Bonchev–Trinajstić information content (AvgIpc) is 2.96. The Morgan fingerprint density at radius 2 is 2.07 bits per heavy atom. The van der Waals surface area contributed by atoms with Gasteiger partial charge in [0.25, 0.3) is 0 Å². The number of aromatic nitrogens is 3. The molecule has 2 aromatic heterocycles. The summed E-state index contributed by atoms with van der Waals surface area (Å²) in [5.74, 6) is 1.92. The van der Waals surface area contributed by atoms with Crippen LogP contribution in [0, 0.1) is 11.7 Å². The molecule has 0 bridgehead atoms. The molecule has 27 heavy (non-hydrogen) atoms. The molecule has 140 valence electrons. The molecular weight excluding hydrogens is 345 g/mol. The second kappa shape index (κ2) is 6.81. The largest absolute Gasteiger partial charge is 0.493 e. The van der Waals surface area contributed by atoms with Crippen molar-refractivity contribution in [3.63, 3.8) is 0 Å². The summed E-state index contributed by atoms with van der Waals surface area (Å²) in [5.41, 5.74) is 3.40. The van der Waals surface area contributed by atoms with Crippen LogP contribution in [0.15, 0.2) is 36.5 Å². The minimum Gasteiger partial charge on any atom is -0.493 e. The first-order valence-electron chi connectivity index (χ1n) is 9.47. The molecule has 0 radical (unpaired) electrons. The highest BCUT2D eigenvalue weighted by Gasteiger charge is 2.32. The molecule has 6 nitrogen and oxygen atoms in total. The SMILES string of the molecule is Fc1cccc(OCC2CN(c3c4c(nc5ccnn35)CCNCC4)C2)c1. The second-order valence-electron chi connectivity index (χ2n) is 7.25. The molecule has 1 N–H and O–H groups in total. The third-order valence-corrected chi connectivity index (χ3v) is 5.32. The fraction of sp³-hybridized carbons (Fsp3) is 0.400. The molecular formula is C20H22FN5O. The van der Waals surface area contributed by atoms with E-state index in [1.807, 2.05) is 16.8 Å². The lowest BCUT2D eigenvalue weighted by atomic mass is 9.99. The number of benzene rings is 1. The second-order valence-corrected chi connectivity index (χ2v) is 7.25. The predicted octanol–water partition coefficient (Wildman–Crippen LogP) is 2.07. The summed E-state index contributed by atoms with van der Waals surface area (Å²) in [6.07, 6.45) is 3.73. The maximum atomic E-state index is 13.3. The molecule has 1 aromatic carbocycles. The summed E-state index contributed by atoms with van der Waals surface area (Å²) in [7, 11) is 0. The minimum atomic E-state index is -0.267. The number of hydrogen-bond donors (Lipinski definition) is 1. The Balaban J connectivity index is 1.33. The van der Waals surface area contributed by atoms with E-state index in [1.165, 1.54) is 29.2 Å². The molecule has 2 aliphatic heterocycles. The van der Waals surface area contributed by atoms with Crippen molar-refractivity contribution < 1.29 is 9.13 Å². The van der Waals surface area contributed by atoms with Crippen molar-refractivity contribution in [3.8, 4) is 5.75 Å². The first-order chi connectivity index (χ1) is 13.3. The van der Waals surface area contributed by atoms with Crippen molar-refractivity contribution in [1.82, 2.24) is 19.9 Å². The van der Waals surface area contributed by atoms with Crippen LogP contribution in [0.2, 0.25) is 0 Å². The Morgan fingerprint density at radius 1 is 1.19 bits per heavy atom. The number of rotatable bonds is 4. The Hall–Kier alpha value is -2.67. The van der Waals surface area contributed by atoms with E-state index >= 15 is 0 Å². The molecule has 0 unspecified atom stereocenters. The number of anilines is 1. The maximum absolute atomic E-state index is 13.3. The van der Waals surface area contributed by atoms with E-state index in [2.05, 4.69) is 15.3 Å². The van der Waals surface area contributed by atoms with E-state index in [4.69, 9.17) is 9.72 Å². The van der Waals surface area contributed by atoms with Crippen molar-refractivity contribution >= 4 is 11.5 Å². The molecule has 7 heteroatoms. The van der Waals surface area contributed by atoms with Crippen molar-refractivity contribution in [3.05, 3.63) is 53.6 Å². The summed E-state index contributed by atoms with van der Waals surface area (Å²) < 4.78 is 21.0. The van der Waals surface area contributed by atoms with Crippen LogP contribution in [-0.4, -0.2) is 47.4 Å². The fourth-order valence-corrected chi connectivity index (χ4v) is 3.96. The van der Waals surface area contributed by atoms with Gasteiger partial charge in [-0.3, -0.25) is 0 Å². The minimum absolute atomic E-state index is 0.267. The van der Waals surface area contributed by atoms with E-state index in [0.29, 0.717) is 18.3 Å². The van der Waals surface area contributed by atoms with Gasteiger partial charge in [0.15, 0.2) is 5.65 Å². The van der Waals surface area contributed by atoms with Gasteiger partial charge in [-0.15, -0.1) is 0 Å². The average molecular weight is 367 g/mol. The van der Waals surface area contributed by atoms with E-state index < -0.39 is 0 Å². The highest BCUT2D eigenvalue weighted by molar-refractivity contribution is 5.58. The lowest BCUT2D eigenvalue weighted by molar-refractivity contribution is 0.219. The van der Waals surface area contributed by atoms with Crippen LogP contribution in [0.25, 0.3) is 5.65 Å². The van der Waals surface area contributed by atoms with Gasteiger partial charge in [0, 0.05) is 49.7 Å². The summed E-state index contributed by atoms with van der Waals surface area (Å²) in [5, 5.41) is 7.96. The molecule has 2 aliphatic rings. The van der Waals surface area contributed by atoms with Gasteiger partial charge in [-0.25, -0.2) is 9.37 Å². The number of ether oxygens (including phenoxy) is 1. The first kappa shape index (κ1) is 16.5. The lowest BCUT2D eigenvalue weighted by Gasteiger charge is -2.41. The Morgan fingerprint density at radius 3 is 2.96 bits per heavy atom. The van der Waals surface area contributed by atoms with Crippen LogP contribution in [0.1, 0.15) is 11.3 Å². The fourth-order valence-electron chi connectivity index (χ4n) is 3.96. The lowest BCUT2D eigenvalue weighted by Crippen LogP contribution is -2.50. The van der Waals surface area contributed by atoms with Gasteiger partial charge in [0.1, 0.15) is 17.4 Å². The van der Waals surface area contributed by atoms with Gasteiger partial charge in [-0.2, -0.15) is 9.61 Å². The monoisotopic (exact) mass is 367 g/mol. The zero-order valence-corrected chi connectivity index (χ0v) is 15.1. The summed E-state index contributed by atoms with van der Waals surface area (Å²) in [6, 6.07) is 8.29. The van der Waals surface area contributed by atoms with Crippen molar-refractivity contribution in [2.45, 2.75) is 12.8 Å². The van der Waals surface area contributed by atoms with Gasteiger partial charge >= 0.3 is 0 Å². The number of nitrogens with zero attached hydrogens (tertiary/aromatic N) is 4. The van der Waals surface area contributed by atoms with Crippen LogP contribution in [0.5, 0.6) is 5.75 Å². The maximum Gasteiger partial charge on any atom is 0.157 e. The normalized spacial score (nSPS) is 17.4. The van der Waals surface area contributed by atoms with Crippen molar-refractivity contribution in [2.75, 3.05) is 37.7 Å². The molecule has 3 aromatic rings. The van der Waals surface area contributed by atoms with Crippen LogP contribution in [-0.2, 0) is 12.8 Å². The number of halogens is 1. The van der Waals surface area contributed by atoms with E-state index in [0.717, 1.165) is 44.7 Å². The zero-order chi connectivity index (χ0) is 18.2. The third kappa shape index (κ3) is 3.12. The molecule has 1 fully saturated rings. The van der Waals surface area contributed by atoms with Crippen LogP contribution >= 0.6 is 0 Å². The molecule has 0 atom stereocenters. The van der Waals surface area contributed by atoms with E-state index in [-0.39, 0.29) is 5.82 Å². The van der Waals surface area contributed by atoms with Gasteiger partial charge in [0.2, 0.25) is 0 Å². The number of hydrogen-bond acceptors (Lipinski definition) is 5. The molecule has 4 heterocycles. The standard InChI is InChI=1S/C20H22FN5O/c21-15-2-1-3-16(10-15)27-13-14-11-25(12-14)20-17-4-7-22-8-5-18(17)24-19-6-9-23-26(19)20/h1-3,6,9-10,14,22H,4-5,7-8,11-13H2. The van der Waals surface area contributed by atoms with Crippen LogP contribution < -0.4 is 15.0 Å². The van der Waals surface area contributed by atoms with Gasteiger partial charge < -0.3 is 15.0 Å². The Kier molecular flexibility index (Phi) is 4.16. The highest BCUT2D eigenvalue weighted by Crippen LogP contribution is 2.31. The smallest absolute Gasteiger partial charge is 0.157 e. The third-order valence-electron chi connectivity index (χ3n) is 5.32. The molecule has 0 aliphatic carbocycles. The summed E-state index contributed by atoms with van der Waals surface area (Å²) in [4.78, 5) is 7.18. The van der Waals surface area contributed by atoms with Crippen molar-refractivity contribution in [2.24, 2.45) is 5.92 Å². The Labute approximate surface area is 157 Å². The molecule has 5 rings (SSSR count). The van der Waals surface area contributed by atoms with Crippen LogP contribution in [0.4, 0.5) is 10.2 Å². The van der Waals surface area contributed by atoms with Gasteiger partial charge in [-0.05, 0) is 25.1 Å². The molecule has 0 spiro atoms. The first-order valence-corrected chi connectivity index (χ1v) is 9.47. The summed E-state index contributed by atoms with van der Waals surface area (Å²) >= 11 is 0. The number of nitrogens with one attached hydrogen (secondary N) is 1. The quantitative estimate of drug-likeness (QED) is 0.765. The van der Waals surface area contributed by atoms with E-state index in [1.54, 1.807) is 12.1 Å². The summed E-state index contributed by atoms with van der Waals surface area (Å²) in [6.45, 7) is 4.35. The molecule has 0 saturated carbocycles. The van der Waals surface area contributed by atoms with E-state index in [9.17, 15) is 4.39 Å². The number of fused-ring (bicyclic) bond motifs is 2. The predicted molar refractivity (Wildman–Crippen MR) is 101 cm³/mol. The topological polar surface area (TPSA) is 54.7 Å². The Bertz CT molecular complexity index is 966. The van der Waals surface area contributed by atoms with Gasteiger partial charge in [0.05, 0.1) is 18.5 Å².